The van der Waals surface area contributed by atoms with Crippen molar-refractivity contribution in [3.8, 4) is 0 Å². The van der Waals surface area contributed by atoms with Crippen LogP contribution in [-0.2, 0) is 19.4 Å². The molecule has 1 atom stereocenters. The quantitative estimate of drug-likeness (QED) is 0.806. The molecule has 0 saturated carbocycles. The van der Waals surface area contributed by atoms with E-state index in [1.54, 1.807) is 0 Å². The highest BCUT2D eigenvalue weighted by molar-refractivity contribution is 5.29. The maximum atomic E-state index is 6.12. The molecule has 0 aliphatic heterocycles. The highest BCUT2D eigenvalue weighted by Crippen LogP contribution is 2.23. The molecule has 1 unspecified atom stereocenters. The molecule has 3 heteroatoms. The van der Waals surface area contributed by atoms with Crippen LogP contribution in [0.2, 0.25) is 0 Å². The molecule has 0 saturated heterocycles. The maximum Gasteiger partial charge on any atom is 0.0672 e. The van der Waals surface area contributed by atoms with Crippen LogP contribution in [0.5, 0.6) is 0 Å². The number of nitrogens with two attached hydrogens (primary N) is 1. The number of rotatable bonds is 7. The van der Waals surface area contributed by atoms with Gasteiger partial charge in [0, 0.05) is 23.8 Å². The molecule has 0 fully saturated rings. The number of nitrogens with zero attached hydrogens (tertiary/aromatic N) is 2. The van der Waals surface area contributed by atoms with E-state index in [9.17, 15) is 0 Å². The number of aryl methyl sites for hydroxylation is 1. The first-order chi connectivity index (χ1) is 8.58. The zero-order chi connectivity index (χ0) is 13.7. The maximum absolute atomic E-state index is 6.12. The van der Waals surface area contributed by atoms with E-state index in [0.717, 1.165) is 25.3 Å². The van der Waals surface area contributed by atoms with E-state index >= 15 is 0 Å². The Hall–Kier alpha value is -0.830. The minimum atomic E-state index is 0.0883. The molecule has 1 aromatic rings. The molecule has 0 bridgehead atoms. The minimum Gasteiger partial charge on any atom is -0.324 e. The molecule has 1 rings (SSSR count). The summed E-state index contributed by atoms with van der Waals surface area (Å²) in [6.45, 7) is 12.0. The monoisotopic (exact) mass is 251 g/mol. The van der Waals surface area contributed by atoms with Gasteiger partial charge in [0.25, 0.3) is 0 Å². The van der Waals surface area contributed by atoms with Crippen molar-refractivity contribution in [2.24, 2.45) is 11.7 Å². The molecule has 0 amide bonds. The van der Waals surface area contributed by atoms with Crippen molar-refractivity contribution in [3.05, 3.63) is 17.0 Å². The van der Waals surface area contributed by atoms with E-state index in [1.165, 1.54) is 29.8 Å². The molecule has 2 N–H and O–H groups in total. The van der Waals surface area contributed by atoms with Crippen LogP contribution in [0.4, 0.5) is 0 Å². The molecule has 3 nitrogen and oxygen atoms in total. The highest BCUT2D eigenvalue weighted by atomic mass is 15.3. The van der Waals surface area contributed by atoms with E-state index in [1.807, 2.05) is 0 Å². The highest BCUT2D eigenvalue weighted by Gasteiger charge is 2.19. The fraction of sp³-hybridized carbons (Fsp3) is 0.800. The Morgan fingerprint density at radius 1 is 1.11 bits per heavy atom. The van der Waals surface area contributed by atoms with E-state index < -0.39 is 0 Å². The zero-order valence-corrected chi connectivity index (χ0v) is 12.7. The average Bonchev–Trinajstić information content (AvgIpc) is 2.73. The Morgan fingerprint density at radius 3 is 2.11 bits per heavy atom. The Bertz CT molecular complexity index is 362. The molecule has 1 aromatic heterocycles. The predicted octanol–water partition coefficient (Wildman–Crippen LogP) is 3.46. The minimum absolute atomic E-state index is 0.0883. The lowest BCUT2D eigenvalue weighted by molar-refractivity contribution is 0.387. The van der Waals surface area contributed by atoms with Crippen LogP contribution in [-0.4, -0.2) is 9.78 Å². The summed E-state index contributed by atoms with van der Waals surface area (Å²) in [5, 5.41) is 4.79. The van der Waals surface area contributed by atoms with Crippen molar-refractivity contribution in [1.82, 2.24) is 9.78 Å². The fourth-order valence-corrected chi connectivity index (χ4v) is 2.67. The third-order valence-electron chi connectivity index (χ3n) is 3.89. The number of aromatic nitrogens is 2. The molecule has 18 heavy (non-hydrogen) atoms. The molecule has 0 aliphatic carbocycles. The van der Waals surface area contributed by atoms with Gasteiger partial charge in [-0.25, -0.2) is 0 Å². The Morgan fingerprint density at radius 2 is 1.72 bits per heavy atom. The standard InChI is InChI=1S/C15H29N3/c1-6-12(7-2)10-18-14(9-4)15(11(5)16)13(8-3)17-18/h11-12H,6-10,16H2,1-5H3. The summed E-state index contributed by atoms with van der Waals surface area (Å²) >= 11 is 0. The lowest BCUT2D eigenvalue weighted by Crippen LogP contribution is -2.14. The van der Waals surface area contributed by atoms with Crippen LogP contribution in [0.1, 0.15) is 70.5 Å². The second-order valence-corrected chi connectivity index (χ2v) is 5.17. The van der Waals surface area contributed by atoms with Crippen molar-refractivity contribution in [3.63, 3.8) is 0 Å². The van der Waals surface area contributed by atoms with Crippen LogP contribution < -0.4 is 5.73 Å². The molecule has 0 aliphatic rings. The van der Waals surface area contributed by atoms with Crippen molar-refractivity contribution in [2.45, 2.75) is 72.9 Å². The van der Waals surface area contributed by atoms with Gasteiger partial charge in [0.2, 0.25) is 0 Å². The van der Waals surface area contributed by atoms with E-state index in [-0.39, 0.29) is 6.04 Å². The third kappa shape index (κ3) is 3.14. The second kappa shape index (κ2) is 6.93. The first-order valence-electron chi connectivity index (χ1n) is 7.42. The fourth-order valence-electron chi connectivity index (χ4n) is 2.67. The van der Waals surface area contributed by atoms with E-state index in [0.29, 0.717) is 0 Å². The van der Waals surface area contributed by atoms with Gasteiger partial charge in [-0.3, -0.25) is 4.68 Å². The van der Waals surface area contributed by atoms with Gasteiger partial charge < -0.3 is 5.73 Å². The van der Waals surface area contributed by atoms with Gasteiger partial charge in [0.1, 0.15) is 0 Å². The molecule has 0 spiro atoms. The lowest BCUT2D eigenvalue weighted by Gasteiger charge is -2.15. The molecule has 0 radical (unpaired) electrons. The first kappa shape index (κ1) is 15.2. The van der Waals surface area contributed by atoms with Gasteiger partial charge in [-0.15, -0.1) is 0 Å². The van der Waals surface area contributed by atoms with Crippen molar-refractivity contribution in [2.75, 3.05) is 0 Å². The summed E-state index contributed by atoms with van der Waals surface area (Å²) in [5.41, 5.74) is 9.93. The van der Waals surface area contributed by atoms with Crippen LogP contribution in [0, 0.1) is 5.92 Å². The summed E-state index contributed by atoms with van der Waals surface area (Å²) in [6.07, 6.45) is 4.42. The van der Waals surface area contributed by atoms with E-state index in [4.69, 9.17) is 10.8 Å². The second-order valence-electron chi connectivity index (χ2n) is 5.17. The largest absolute Gasteiger partial charge is 0.324 e. The first-order valence-corrected chi connectivity index (χ1v) is 7.42. The van der Waals surface area contributed by atoms with Gasteiger partial charge in [-0.2, -0.15) is 5.10 Å². The van der Waals surface area contributed by atoms with Crippen molar-refractivity contribution in [1.29, 1.82) is 0 Å². The molecule has 0 aromatic carbocycles. The summed E-state index contributed by atoms with van der Waals surface area (Å²) < 4.78 is 2.22. The van der Waals surface area contributed by atoms with Gasteiger partial charge in [-0.1, -0.05) is 40.5 Å². The van der Waals surface area contributed by atoms with Crippen molar-refractivity contribution >= 4 is 0 Å². The zero-order valence-electron chi connectivity index (χ0n) is 12.7. The Kier molecular flexibility index (Phi) is 5.86. The molecular formula is C15H29N3. The summed E-state index contributed by atoms with van der Waals surface area (Å²) in [6, 6.07) is 0.0883. The summed E-state index contributed by atoms with van der Waals surface area (Å²) in [5.74, 6) is 0.723. The van der Waals surface area contributed by atoms with E-state index in [2.05, 4.69) is 39.3 Å². The lowest BCUT2D eigenvalue weighted by atomic mass is 10.0. The normalized spacial score (nSPS) is 13.3. The Labute approximate surface area is 112 Å². The average molecular weight is 251 g/mol. The van der Waals surface area contributed by atoms with Crippen LogP contribution >= 0.6 is 0 Å². The third-order valence-corrected chi connectivity index (χ3v) is 3.89. The molecule has 1 heterocycles. The van der Waals surface area contributed by atoms with Crippen LogP contribution in [0.25, 0.3) is 0 Å². The van der Waals surface area contributed by atoms with Gasteiger partial charge in [0.15, 0.2) is 0 Å². The van der Waals surface area contributed by atoms with Gasteiger partial charge in [-0.05, 0) is 25.7 Å². The summed E-state index contributed by atoms with van der Waals surface area (Å²) in [7, 11) is 0. The molecule has 104 valence electrons. The van der Waals surface area contributed by atoms with Gasteiger partial charge >= 0.3 is 0 Å². The smallest absolute Gasteiger partial charge is 0.0672 e. The summed E-state index contributed by atoms with van der Waals surface area (Å²) in [4.78, 5) is 0. The molecular weight excluding hydrogens is 222 g/mol. The van der Waals surface area contributed by atoms with Crippen LogP contribution in [0.15, 0.2) is 0 Å². The number of hydrogen-bond donors (Lipinski definition) is 1. The topological polar surface area (TPSA) is 43.8 Å². The number of hydrogen-bond acceptors (Lipinski definition) is 2. The Balaban J connectivity index is 3.11. The van der Waals surface area contributed by atoms with Gasteiger partial charge in [0.05, 0.1) is 5.69 Å². The van der Waals surface area contributed by atoms with Crippen molar-refractivity contribution < 1.29 is 0 Å². The predicted molar refractivity (Wildman–Crippen MR) is 77.7 cm³/mol. The van der Waals surface area contributed by atoms with Crippen LogP contribution in [0.3, 0.4) is 0 Å². The SMILES string of the molecule is CCc1nn(CC(CC)CC)c(CC)c1C(C)N.